The second kappa shape index (κ2) is 10.4. The van der Waals surface area contributed by atoms with Gasteiger partial charge in [-0.25, -0.2) is 0 Å². The molecule has 1 aliphatic carbocycles. The van der Waals surface area contributed by atoms with Crippen LogP contribution in [0.15, 0.2) is 42.5 Å². The number of piperazine rings is 1. The van der Waals surface area contributed by atoms with Crippen molar-refractivity contribution in [1.29, 1.82) is 0 Å². The molecule has 1 amide bonds. The Hall–Kier alpha value is -1.59. The standard InChI is InChI=1S/C25H33N3O.2ClH/c1-18-13-19(2)15-23(14-18)20(3)27(4)24(29)25(28-11-9-26-10-12-28)16-21-7-5-6-8-22(21)17-25;;/h5-8,13-15,20,26H,9-12,16-17H2,1-4H3;2*1H/t20-;;/m0../s1. The number of amides is 1. The third kappa shape index (κ3) is 4.93. The first-order valence-electron chi connectivity index (χ1n) is 10.8. The van der Waals surface area contributed by atoms with Gasteiger partial charge in [-0.3, -0.25) is 9.69 Å². The Morgan fingerprint density at radius 1 is 1.00 bits per heavy atom. The average molecular weight is 464 g/mol. The predicted molar refractivity (Wildman–Crippen MR) is 133 cm³/mol. The van der Waals surface area contributed by atoms with Gasteiger partial charge in [-0.2, -0.15) is 0 Å². The molecule has 0 saturated carbocycles. The molecular formula is C25H35Cl2N3O. The number of hydrogen-bond acceptors (Lipinski definition) is 3. The van der Waals surface area contributed by atoms with E-state index in [-0.39, 0.29) is 36.8 Å². The molecule has 6 heteroatoms. The van der Waals surface area contributed by atoms with Gasteiger partial charge >= 0.3 is 0 Å². The first kappa shape index (κ1) is 25.7. The first-order valence-corrected chi connectivity index (χ1v) is 10.8. The Labute approximate surface area is 199 Å². The summed E-state index contributed by atoms with van der Waals surface area (Å²) in [6.07, 6.45) is 1.62. The van der Waals surface area contributed by atoms with Gasteiger partial charge in [-0.05, 0) is 37.5 Å². The molecule has 1 fully saturated rings. The van der Waals surface area contributed by atoms with Crippen LogP contribution in [-0.2, 0) is 17.6 Å². The number of fused-ring (bicyclic) bond motifs is 1. The highest BCUT2D eigenvalue weighted by molar-refractivity contribution is 5.88. The molecule has 0 radical (unpaired) electrons. The summed E-state index contributed by atoms with van der Waals surface area (Å²) >= 11 is 0. The van der Waals surface area contributed by atoms with Crippen LogP contribution >= 0.6 is 24.8 Å². The quantitative estimate of drug-likeness (QED) is 0.740. The molecule has 1 heterocycles. The van der Waals surface area contributed by atoms with Gasteiger partial charge in [-0.1, -0.05) is 53.6 Å². The van der Waals surface area contributed by atoms with Crippen molar-refractivity contribution in [1.82, 2.24) is 15.1 Å². The minimum absolute atomic E-state index is 0. The Morgan fingerprint density at radius 3 is 2.03 bits per heavy atom. The van der Waals surface area contributed by atoms with Crippen LogP contribution < -0.4 is 5.32 Å². The van der Waals surface area contributed by atoms with E-state index >= 15 is 0 Å². The molecule has 0 bridgehead atoms. The van der Waals surface area contributed by atoms with Crippen molar-refractivity contribution in [3.05, 3.63) is 70.3 Å². The maximum Gasteiger partial charge on any atom is 0.244 e. The van der Waals surface area contributed by atoms with Crippen LogP contribution in [0.4, 0.5) is 0 Å². The SMILES string of the molecule is Cc1cc(C)cc([C@H](C)N(C)C(=O)C2(N3CCNCC3)Cc3ccccc3C2)c1.Cl.Cl. The van der Waals surface area contributed by atoms with Gasteiger partial charge in [0, 0.05) is 46.1 Å². The van der Waals surface area contributed by atoms with Crippen molar-refractivity contribution in [2.75, 3.05) is 33.2 Å². The maximum atomic E-state index is 14.1. The van der Waals surface area contributed by atoms with Crippen LogP contribution in [-0.4, -0.2) is 54.5 Å². The lowest BCUT2D eigenvalue weighted by molar-refractivity contribution is -0.145. The molecule has 4 nitrogen and oxygen atoms in total. The molecule has 4 rings (SSSR count). The summed E-state index contributed by atoms with van der Waals surface area (Å²) < 4.78 is 0. The molecule has 170 valence electrons. The summed E-state index contributed by atoms with van der Waals surface area (Å²) in [7, 11) is 1.98. The summed E-state index contributed by atoms with van der Waals surface area (Å²) in [5.74, 6) is 0.252. The highest BCUT2D eigenvalue weighted by Crippen LogP contribution is 2.38. The average Bonchev–Trinajstić information content (AvgIpc) is 3.13. The molecule has 1 saturated heterocycles. The van der Waals surface area contributed by atoms with Crippen LogP contribution in [0.3, 0.4) is 0 Å². The zero-order valence-corrected chi connectivity index (χ0v) is 20.6. The number of likely N-dealkylation sites (N-methyl/N-ethyl adjacent to an activating group) is 1. The predicted octanol–water partition coefficient (Wildman–Crippen LogP) is 4.11. The van der Waals surface area contributed by atoms with Gasteiger partial charge in [0.15, 0.2) is 0 Å². The second-order valence-corrected chi connectivity index (χ2v) is 8.90. The third-order valence-corrected chi connectivity index (χ3v) is 6.83. The van der Waals surface area contributed by atoms with Gasteiger partial charge in [0.1, 0.15) is 5.54 Å². The van der Waals surface area contributed by atoms with E-state index in [1.165, 1.54) is 27.8 Å². The fourth-order valence-electron chi connectivity index (χ4n) is 5.18. The van der Waals surface area contributed by atoms with E-state index in [9.17, 15) is 4.79 Å². The van der Waals surface area contributed by atoms with Crippen LogP contribution in [0.25, 0.3) is 0 Å². The molecule has 0 unspecified atom stereocenters. The van der Waals surface area contributed by atoms with E-state index in [1.54, 1.807) is 0 Å². The Kier molecular flexibility index (Phi) is 8.57. The van der Waals surface area contributed by atoms with Crippen molar-refractivity contribution >= 4 is 30.7 Å². The molecule has 1 N–H and O–H groups in total. The van der Waals surface area contributed by atoms with Crippen molar-refractivity contribution in [2.24, 2.45) is 0 Å². The Morgan fingerprint density at radius 2 is 1.52 bits per heavy atom. The second-order valence-electron chi connectivity index (χ2n) is 8.90. The Balaban J connectivity index is 0.00000171. The van der Waals surface area contributed by atoms with Gasteiger partial charge in [0.2, 0.25) is 5.91 Å². The van der Waals surface area contributed by atoms with Crippen LogP contribution in [0.1, 0.15) is 40.8 Å². The van der Waals surface area contributed by atoms with Crippen molar-refractivity contribution in [2.45, 2.75) is 45.2 Å². The van der Waals surface area contributed by atoms with E-state index in [0.29, 0.717) is 0 Å². The number of nitrogens with one attached hydrogen (secondary N) is 1. The molecule has 1 atom stereocenters. The molecule has 0 aromatic heterocycles. The third-order valence-electron chi connectivity index (χ3n) is 6.83. The molecule has 31 heavy (non-hydrogen) atoms. The molecule has 2 aromatic carbocycles. The van der Waals surface area contributed by atoms with E-state index in [4.69, 9.17) is 0 Å². The normalized spacial score (nSPS) is 18.3. The maximum absolute atomic E-state index is 14.1. The van der Waals surface area contributed by atoms with Crippen molar-refractivity contribution < 1.29 is 4.79 Å². The van der Waals surface area contributed by atoms with E-state index < -0.39 is 5.54 Å². The Bertz CT molecular complexity index is 866. The van der Waals surface area contributed by atoms with Crippen molar-refractivity contribution in [3.63, 3.8) is 0 Å². The van der Waals surface area contributed by atoms with Crippen LogP contribution in [0, 0.1) is 13.8 Å². The lowest BCUT2D eigenvalue weighted by Gasteiger charge is -2.45. The van der Waals surface area contributed by atoms with E-state index in [0.717, 1.165) is 39.0 Å². The summed E-state index contributed by atoms with van der Waals surface area (Å²) in [6, 6.07) is 15.2. The summed E-state index contributed by atoms with van der Waals surface area (Å²) in [5.41, 5.74) is 5.90. The largest absolute Gasteiger partial charge is 0.337 e. The fourth-order valence-corrected chi connectivity index (χ4v) is 5.18. The zero-order valence-electron chi connectivity index (χ0n) is 19.0. The minimum Gasteiger partial charge on any atom is -0.337 e. The number of hydrogen-bond donors (Lipinski definition) is 1. The highest BCUT2D eigenvalue weighted by Gasteiger charge is 2.50. The van der Waals surface area contributed by atoms with Gasteiger partial charge in [-0.15, -0.1) is 24.8 Å². The zero-order chi connectivity index (χ0) is 20.6. The first-order chi connectivity index (χ1) is 13.9. The van der Waals surface area contributed by atoms with Crippen LogP contribution in [0.5, 0.6) is 0 Å². The lowest BCUT2D eigenvalue weighted by Crippen LogP contribution is -2.64. The van der Waals surface area contributed by atoms with Crippen molar-refractivity contribution in [3.8, 4) is 0 Å². The molecule has 2 aromatic rings. The number of carbonyl (C=O) groups excluding carboxylic acids is 1. The highest BCUT2D eigenvalue weighted by atomic mass is 35.5. The summed E-state index contributed by atoms with van der Waals surface area (Å²) in [5, 5.41) is 3.44. The van der Waals surface area contributed by atoms with Gasteiger partial charge in [0.05, 0.1) is 6.04 Å². The summed E-state index contributed by atoms with van der Waals surface area (Å²) in [4.78, 5) is 18.5. The number of rotatable bonds is 4. The van der Waals surface area contributed by atoms with Gasteiger partial charge in [0.25, 0.3) is 0 Å². The molecular weight excluding hydrogens is 429 g/mol. The smallest absolute Gasteiger partial charge is 0.244 e. The minimum atomic E-state index is -0.465. The monoisotopic (exact) mass is 463 g/mol. The molecule has 0 spiro atoms. The molecule has 2 aliphatic rings. The number of aryl methyl sites for hydroxylation is 2. The van der Waals surface area contributed by atoms with E-state index in [2.05, 4.69) is 73.5 Å². The topological polar surface area (TPSA) is 35.6 Å². The number of benzene rings is 2. The summed E-state index contributed by atoms with van der Waals surface area (Å²) in [6.45, 7) is 10.1. The number of halogens is 2. The van der Waals surface area contributed by atoms with E-state index in [1.807, 2.05) is 11.9 Å². The number of carbonyl (C=O) groups is 1. The van der Waals surface area contributed by atoms with Gasteiger partial charge < -0.3 is 10.2 Å². The fraction of sp³-hybridized carbons (Fsp3) is 0.480. The molecule has 1 aliphatic heterocycles. The number of nitrogens with zero attached hydrogens (tertiary/aromatic N) is 2. The van der Waals surface area contributed by atoms with Crippen LogP contribution in [0.2, 0.25) is 0 Å². The lowest BCUT2D eigenvalue weighted by atomic mass is 9.89.